The zero-order chi connectivity index (χ0) is 23.9. The maximum absolute atomic E-state index is 11.4. The topological polar surface area (TPSA) is 208 Å². The molecule has 190 valence electrons. The molecule has 8 N–H and O–H groups in total. The summed E-state index contributed by atoms with van der Waals surface area (Å²) in [5, 5.41) is 83.5. The van der Waals surface area contributed by atoms with Crippen molar-refractivity contribution in [1.82, 2.24) is 0 Å². The van der Waals surface area contributed by atoms with Crippen LogP contribution in [0.2, 0.25) is 0 Å². The summed E-state index contributed by atoms with van der Waals surface area (Å²) in [4.78, 5) is 0. The van der Waals surface area contributed by atoms with Crippen LogP contribution in [0.15, 0.2) is 0 Å². The minimum absolute atomic E-state index is 0.0193. The Kier molecular flexibility index (Phi) is 11.0. The van der Waals surface area contributed by atoms with E-state index in [-0.39, 0.29) is 19.8 Å². The van der Waals surface area contributed by atoms with Gasteiger partial charge in [0, 0.05) is 5.75 Å². The van der Waals surface area contributed by atoms with Crippen molar-refractivity contribution in [1.29, 1.82) is 0 Å². The number of hydrogen-bond acceptors (Lipinski definition) is 14. The summed E-state index contributed by atoms with van der Waals surface area (Å²) in [6, 6.07) is 0. The number of rotatable bonds is 12. The molecule has 0 radical (unpaired) electrons. The SMILES string of the molecule is OC[C@H]1O[C@H](OCCOCCOCCS)[C@@](O)([C@]2(O)[C@@H](O)CO[C@H](CO)[C@@H]2O)[C@@H](O)[C@H]1O. The van der Waals surface area contributed by atoms with Crippen LogP contribution in [0.4, 0.5) is 0 Å². The standard InChI is InChI=1S/C18H34O13S/c19-7-10-13(22)15(24)18(26,17(25)12(21)9-30-11(8-20)14(17)23)16(31-10)29-4-3-27-1-2-28-5-6-32/h10-16,19-26,32H,1-9H2/t10-,11-,12+,13+,14+,15+,16+,17+,18-/m1/s1. The molecular formula is C18H34O13S. The van der Waals surface area contributed by atoms with Gasteiger partial charge in [-0.25, -0.2) is 0 Å². The lowest BCUT2D eigenvalue weighted by Gasteiger charge is -2.58. The largest absolute Gasteiger partial charge is 0.394 e. The Hall–Kier alpha value is -0.170. The predicted molar refractivity (Wildman–Crippen MR) is 108 cm³/mol. The molecule has 0 aliphatic carbocycles. The maximum Gasteiger partial charge on any atom is 0.192 e. The van der Waals surface area contributed by atoms with E-state index in [1.807, 2.05) is 0 Å². The molecule has 2 saturated heterocycles. The van der Waals surface area contributed by atoms with E-state index in [0.717, 1.165) is 0 Å². The third-order valence-electron chi connectivity index (χ3n) is 5.70. The Labute approximate surface area is 190 Å². The number of aliphatic hydroxyl groups excluding tert-OH is 6. The van der Waals surface area contributed by atoms with Gasteiger partial charge in [0.1, 0.15) is 36.6 Å². The molecule has 0 aromatic rings. The first kappa shape index (κ1) is 28.1. The van der Waals surface area contributed by atoms with E-state index in [1.54, 1.807) is 0 Å². The molecule has 2 fully saturated rings. The van der Waals surface area contributed by atoms with Crippen molar-refractivity contribution >= 4 is 12.6 Å². The zero-order valence-electron chi connectivity index (χ0n) is 17.5. The third kappa shape index (κ3) is 5.39. The van der Waals surface area contributed by atoms with Gasteiger partial charge in [0.15, 0.2) is 17.5 Å². The highest BCUT2D eigenvalue weighted by molar-refractivity contribution is 7.80. The van der Waals surface area contributed by atoms with Gasteiger partial charge in [0.2, 0.25) is 0 Å². The van der Waals surface area contributed by atoms with Crippen LogP contribution >= 0.6 is 12.6 Å². The number of thiol groups is 1. The summed E-state index contributed by atoms with van der Waals surface area (Å²) in [5.41, 5.74) is -5.95. The monoisotopic (exact) mass is 490 g/mol. The van der Waals surface area contributed by atoms with Crippen LogP contribution in [0, 0.1) is 0 Å². The Morgan fingerprint density at radius 1 is 0.812 bits per heavy atom. The Morgan fingerprint density at radius 3 is 2.00 bits per heavy atom. The van der Waals surface area contributed by atoms with Crippen LogP contribution in [0.1, 0.15) is 0 Å². The second kappa shape index (κ2) is 12.5. The van der Waals surface area contributed by atoms with Gasteiger partial charge < -0.3 is 64.5 Å². The first-order chi connectivity index (χ1) is 15.2. The Balaban J connectivity index is 2.19. The lowest BCUT2D eigenvalue weighted by atomic mass is 9.66. The first-order valence-corrected chi connectivity index (χ1v) is 10.9. The lowest BCUT2D eigenvalue weighted by Crippen LogP contribution is -2.84. The van der Waals surface area contributed by atoms with Crippen molar-refractivity contribution in [3.05, 3.63) is 0 Å². The van der Waals surface area contributed by atoms with Gasteiger partial charge in [-0.1, -0.05) is 0 Å². The van der Waals surface area contributed by atoms with Gasteiger partial charge in [0.25, 0.3) is 0 Å². The van der Waals surface area contributed by atoms with Crippen molar-refractivity contribution in [2.45, 2.75) is 54.1 Å². The van der Waals surface area contributed by atoms with Gasteiger partial charge in [0.05, 0.1) is 52.9 Å². The average Bonchev–Trinajstić information content (AvgIpc) is 2.79. The van der Waals surface area contributed by atoms with E-state index >= 15 is 0 Å². The van der Waals surface area contributed by atoms with Crippen LogP contribution in [0.5, 0.6) is 0 Å². The molecule has 2 rings (SSSR count). The Bertz CT molecular complexity index is 559. The highest BCUT2D eigenvalue weighted by atomic mass is 32.1. The fraction of sp³-hybridized carbons (Fsp3) is 1.00. The molecule has 0 unspecified atom stereocenters. The van der Waals surface area contributed by atoms with Crippen molar-refractivity contribution in [3.8, 4) is 0 Å². The van der Waals surface area contributed by atoms with Crippen LogP contribution < -0.4 is 0 Å². The minimum atomic E-state index is -3.00. The van der Waals surface area contributed by atoms with Crippen molar-refractivity contribution < 1.29 is 64.5 Å². The molecule has 32 heavy (non-hydrogen) atoms. The summed E-state index contributed by atoms with van der Waals surface area (Å²) in [6.45, 7) is -1.42. The summed E-state index contributed by atoms with van der Waals surface area (Å²) < 4.78 is 26.4. The molecule has 0 saturated carbocycles. The predicted octanol–water partition coefficient (Wildman–Crippen LogP) is -5.02. The van der Waals surface area contributed by atoms with E-state index in [2.05, 4.69) is 12.6 Å². The maximum atomic E-state index is 11.4. The summed E-state index contributed by atoms with van der Waals surface area (Å²) in [6.07, 6.45) is -13.0. The van der Waals surface area contributed by atoms with Crippen LogP contribution in [0.25, 0.3) is 0 Å². The number of ether oxygens (including phenoxy) is 5. The molecule has 0 bridgehead atoms. The van der Waals surface area contributed by atoms with E-state index in [1.165, 1.54) is 0 Å². The second-order valence-corrected chi connectivity index (χ2v) is 8.06. The highest BCUT2D eigenvalue weighted by Crippen LogP contribution is 2.44. The Morgan fingerprint density at radius 2 is 1.41 bits per heavy atom. The fourth-order valence-electron chi connectivity index (χ4n) is 3.86. The smallest absolute Gasteiger partial charge is 0.192 e. The van der Waals surface area contributed by atoms with Crippen molar-refractivity contribution in [2.75, 3.05) is 58.6 Å². The molecule has 0 spiro atoms. The molecule has 2 heterocycles. The van der Waals surface area contributed by atoms with E-state index in [9.17, 15) is 40.9 Å². The quantitative estimate of drug-likeness (QED) is 0.0928. The lowest BCUT2D eigenvalue weighted by molar-refractivity contribution is -0.413. The third-order valence-corrected chi connectivity index (χ3v) is 5.88. The van der Waals surface area contributed by atoms with Crippen LogP contribution in [0.3, 0.4) is 0 Å². The molecule has 14 heteroatoms. The summed E-state index contributed by atoms with van der Waals surface area (Å²) in [7, 11) is 0. The molecule has 2 aliphatic heterocycles. The van der Waals surface area contributed by atoms with Crippen molar-refractivity contribution in [3.63, 3.8) is 0 Å². The number of hydrogen-bond donors (Lipinski definition) is 9. The van der Waals surface area contributed by atoms with Crippen LogP contribution in [-0.2, 0) is 23.7 Å². The molecule has 0 aromatic heterocycles. The molecule has 0 aromatic carbocycles. The normalized spacial score (nSPS) is 42.8. The van der Waals surface area contributed by atoms with Crippen LogP contribution in [-0.4, -0.2) is 154 Å². The zero-order valence-corrected chi connectivity index (χ0v) is 18.4. The fourth-order valence-corrected chi connectivity index (χ4v) is 3.99. The highest BCUT2D eigenvalue weighted by Gasteiger charge is 2.72. The molecule has 13 nitrogen and oxygen atoms in total. The van der Waals surface area contributed by atoms with Gasteiger partial charge in [-0.15, -0.1) is 0 Å². The van der Waals surface area contributed by atoms with E-state index < -0.39 is 73.9 Å². The summed E-state index contributed by atoms with van der Waals surface area (Å²) in [5.74, 6) is 0.559. The van der Waals surface area contributed by atoms with Gasteiger partial charge in [-0.2, -0.15) is 12.6 Å². The molecule has 0 amide bonds. The first-order valence-electron chi connectivity index (χ1n) is 10.2. The van der Waals surface area contributed by atoms with Gasteiger partial charge in [-0.05, 0) is 0 Å². The minimum Gasteiger partial charge on any atom is -0.394 e. The molecule has 9 atom stereocenters. The van der Waals surface area contributed by atoms with Gasteiger partial charge >= 0.3 is 0 Å². The summed E-state index contributed by atoms with van der Waals surface area (Å²) >= 11 is 4.00. The van der Waals surface area contributed by atoms with E-state index in [4.69, 9.17) is 23.7 Å². The molecule has 2 aliphatic rings. The average molecular weight is 491 g/mol. The van der Waals surface area contributed by atoms with Crippen molar-refractivity contribution in [2.24, 2.45) is 0 Å². The van der Waals surface area contributed by atoms with Gasteiger partial charge in [-0.3, -0.25) is 0 Å². The number of aliphatic hydroxyl groups is 8. The second-order valence-electron chi connectivity index (χ2n) is 7.61. The van der Waals surface area contributed by atoms with E-state index in [0.29, 0.717) is 19.0 Å². The molecular weight excluding hydrogens is 456 g/mol.